The van der Waals surface area contributed by atoms with Crippen molar-refractivity contribution >= 4 is 11.6 Å². The molecule has 1 aromatic heterocycles. The summed E-state index contributed by atoms with van der Waals surface area (Å²) in [5, 5.41) is 16.5. The van der Waals surface area contributed by atoms with Crippen LogP contribution in [0, 0.1) is 11.3 Å². The molecular weight excluding hydrogens is 278 g/mol. The zero-order valence-corrected chi connectivity index (χ0v) is 11.5. The van der Waals surface area contributed by atoms with E-state index in [1.54, 1.807) is 36.4 Å². The molecule has 0 aliphatic heterocycles. The summed E-state index contributed by atoms with van der Waals surface area (Å²) in [7, 11) is 0. The van der Waals surface area contributed by atoms with E-state index in [-0.39, 0.29) is 17.3 Å². The smallest absolute Gasteiger partial charge is 0.193 e. The van der Waals surface area contributed by atoms with Gasteiger partial charge in [0.1, 0.15) is 6.07 Å². The molecule has 3 aromatic rings. The lowest BCUT2D eigenvalue weighted by molar-refractivity contribution is 0.103. The number of nitriles is 1. The number of rotatable bonds is 3. The number of nitrogens with two attached hydrogens (primary N) is 1. The van der Waals surface area contributed by atoms with E-state index in [1.807, 2.05) is 24.3 Å². The minimum Gasteiger partial charge on any atom is -0.380 e. The average molecular weight is 289 g/mol. The van der Waals surface area contributed by atoms with Gasteiger partial charge in [0.05, 0.1) is 5.69 Å². The zero-order valence-electron chi connectivity index (χ0n) is 11.5. The van der Waals surface area contributed by atoms with Gasteiger partial charge in [-0.15, -0.1) is 5.10 Å². The fraction of sp³-hybridized carbons (Fsp3) is 0. The topological polar surface area (TPSA) is 97.6 Å². The Morgan fingerprint density at radius 2 is 1.68 bits per heavy atom. The molecule has 0 bridgehead atoms. The number of benzene rings is 2. The fourth-order valence-electron chi connectivity index (χ4n) is 2.09. The largest absolute Gasteiger partial charge is 0.380 e. The Balaban J connectivity index is 1.94. The van der Waals surface area contributed by atoms with E-state index in [0.29, 0.717) is 16.8 Å². The first-order valence-corrected chi connectivity index (χ1v) is 6.52. The molecule has 0 fully saturated rings. The van der Waals surface area contributed by atoms with Gasteiger partial charge >= 0.3 is 0 Å². The van der Waals surface area contributed by atoms with Gasteiger partial charge in [-0.2, -0.15) is 5.26 Å². The van der Waals surface area contributed by atoms with Gasteiger partial charge in [-0.1, -0.05) is 35.5 Å². The SMILES string of the molecule is N#Cc1c(N)nnn1-c1ccc(C(=O)c2ccccc2)cc1. The first-order chi connectivity index (χ1) is 10.7. The van der Waals surface area contributed by atoms with Gasteiger partial charge in [0.25, 0.3) is 0 Å². The summed E-state index contributed by atoms with van der Waals surface area (Å²) in [6, 6.07) is 17.7. The van der Waals surface area contributed by atoms with Crippen LogP contribution < -0.4 is 5.73 Å². The van der Waals surface area contributed by atoms with Gasteiger partial charge in [0.15, 0.2) is 17.3 Å². The summed E-state index contributed by atoms with van der Waals surface area (Å²) < 4.78 is 1.34. The third-order valence-electron chi connectivity index (χ3n) is 3.21. The number of hydrogen-bond donors (Lipinski definition) is 1. The summed E-state index contributed by atoms with van der Waals surface area (Å²) in [5.74, 6) is 0.0118. The number of carbonyl (C=O) groups is 1. The molecule has 106 valence electrons. The van der Waals surface area contributed by atoms with Crippen LogP contribution in [0.3, 0.4) is 0 Å². The summed E-state index contributed by atoms with van der Waals surface area (Å²) in [6.45, 7) is 0. The Kier molecular flexibility index (Phi) is 3.38. The van der Waals surface area contributed by atoms with Crippen molar-refractivity contribution in [3.63, 3.8) is 0 Å². The molecule has 0 amide bonds. The molecule has 0 saturated carbocycles. The van der Waals surface area contributed by atoms with Crippen molar-refractivity contribution in [2.45, 2.75) is 0 Å². The second-order valence-electron chi connectivity index (χ2n) is 4.59. The first-order valence-electron chi connectivity index (χ1n) is 6.52. The molecule has 0 aliphatic carbocycles. The summed E-state index contributed by atoms with van der Waals surface area (Å²) in [6.07, 6.45) is 0. The molecule has 22 heavy (non-hydrogen) atoms. The molecule has 0 spiro atoms. The monoisotopic (exact) mass is 289 g/mol. The Hall–Kier alpha value is -3.46. The molecule has 0 saturated heterocycles. The lowest BCUT2D eigenvalue weighted by atomic mass is 10.0. The highest BCUT2D eigenvalue weighted by molar-refractivity contribution is 6.09. The van der Waals surface area contributed by atoms with Crippen LogP contribution in [0.5, 0.6) is 0 Å². The van der Waals surface area contributed by atoms with E-state index in [2.05, 4.69) is 10.3 Å². The number of nitrogens with zero attached hydrogens (tertiary/aromatic N) is 4. The Morgan fingerprint density at radius 3 is 2.32 bits per heavy atom. The summed E-state index contributed by atoms with van der Waals surface area (Å²) in [5.41, 5.74) is 7.54. The number of aromatic nitrogens is 3. The minimum atomic E-state index is -0.0641. The van der Waals surface area contributed by atoms with E-state index in [1.165, 1.54) is 4.68 Å². The molecule has 2 N–H and O–H groups in total. The van der Waals surface area contributed by atoms with Crippen LogP contribution in [0.15, 0.2) is 54.6 Å². The van der Waals surface area contributed by atoms with Crippen LogP contribution in [0.2, 0.25) is 0 Å². The quantitative estimate of drug-likeness (QED) is 0.743. The van der Waals surface area contributed by atoms with Gasteiger partial charge < -0.3 is 5.73 Å². The lowest BCUT2D eigenvalue weighted by Crippen LogP contribution is -2.03. The fourth-order valence-corrected chi connectivity index (χ4v) is 2.09. The first kappa shape index (κ1) is 13.5. The van der Waals surface area contributed by atoms with Gasteiger partial charge in [-0.25, -0.2) is 4.68 Å². The van der Waals surface area contributed by atoms with E-state index in [0.717, 1.165) is 0 Å². The van der Waals surface area contributed by atoms with Gasteiger partial charge in [-0.3, -0.25) is 4.79 Å². The van der Waals surface area contributed by atoms with Gasteiger partial charge in [-0.05, 0) is 24.3 Å². The third-order valence-corrected chi connectivity index (χ3v) is 3.21. The normalized spacial score (nSPS) is 10.1. The number of carbonyl (C=O) groups excluding carboxylic acids is 1. The van der Waals surface area contributed by atoms with Crippen molar-refractivity contribution in [1.82, 2.24) is 15.0 Å². The molecule has 0 aliphatic rings. The number of hydrogen-bond acceptors (Lipinski definition) is 5. The van der Waals surface area contributed by atoms with Crippen LogP contribution >= 0.6 is 0 Å². The average Bonchev–Trinajstić information content (AvgIpc) is 2.96. The predicted molar refractivity (Wildman–Crippen MR) is 80.4 cm³/mol. The standard InChI is InChI=1S/C16H11N5O/c17-10-14-16(18)19-20-21(14)13-8-6-12(7-9-13)15(22)11-4-2-1-3-5-11/h1-9H,18H2. The second-order valence-corrected chi connectivity index (χ2v) is 4.59. The molecule has 6 heteroatoms. The maximum Gasteiger partial charge on any atom is 0.193 e. The summed E-state index contributed by atoms with van der Waals surface area (Å²) in [4.78, 5) is 12.3. The van der Waals surface area contributed by atoms with E-state index >= 15 is 0 Å². The van der Waals surface area contributed by atoms with Crippen LogP contribution in [0.1, 0.15) is 21.6 Å². The molecule has 0 radical (unpaired) electrons. The van der Waals surface area contributed by atoms with Crippen molar-refractivity contribution in [3.8, 4) is 11.8 Å². The maximum atomic E-state index is 12.3. The van der Waals surface area contributed by atoms with Crippen molar-refractivity contribution in [1.29, 1.82) is 5.26 Å². The van der Waals surface area contributed by atoms with Crippen LogP contribution in [0.4, 0.5) is 5.82 Å². The van der Waals surface area contributed by atoms with Crippen molar-refractivity contribution < 1.29 is 4.79 Å². The number of nitrogen functional groups attached to an aromatic ring is 1. The Morgan fingerprint density at radius 1 is 1.05 bits per heavy atom. The van der Waals surface area contributed by atoms with Crippen LogP contribution in [-0.2, 0) is 0 Å². The molecule has 0 atom stereocenters. The highest BCUT2D eigenvalue weighted by atomic mass is 16.1. The Labute approximate surface area is 126 Å². The number of anilines is 1. The molecule has 1 heterocycles. The van der Waals surface area contributed by atoms with Crippen molar-refractivity contribution in [2.24, 2.45) is 0 Å². The van der Waals surface area contributed by atoms with Gasteiger partial charge in [0, 0.05) is 11.1 Å². The lowest BCUT2D eigenvalue weighted by Gasteiger charge is -2.04. The van der Waals surface area contributed by atoms with Crippen molar-refractivity contribution in [3.05, 3.63) is 71.4 Å². The predicted octanol–water partition coefficient (Wildman–Crippen LogP) is 1.95. The van der Waals surface area contributed by atoms with Crippen molar-refractivity contribution in [2.75, 3.05) is 5.73 Å². The highest BCUT2D eigenvalue weighted by Crippen LogP contribution is 2.16. The summed E-state index contributed by atoms with van der Waals surface area (Å²) >= 11 is 0. The number of ketones is 1. The van der Waals surface area contributed by atoms with E-state index in [9.17, 15) is 4.79 Å². The van der Waals surface area contributed by atoms with Crippen LogP contribution in [-0.4, -0.2) is 20.8 Å². The molecule has 0 unspecified atom stereocenters. The third kappa shape index (κ3) is 2.31. The molecule has 3 rings (SSSR count). The Bertz CT molecular complexity index is 860. The van der Waals surface area contributed by atoms with E-state index < -0.39 is 0 Å². The highest BCUT2D eigenvalue weighted by Gasteiger charge is 2.12. The molecular formula is C16H11N5O. The maximum absolute atomic E-state index is 12.3. The molecule has 6 nitrogen and oxygen atoms in total. The molecule has 2 aromatic carbocycles. The minimum absolute atomic E-state index is 0.0641. The van der Waals surface area contributed by atoms with E-state index in [4.69, 9.17) is 11.0 Å². The zero-order chi connectivity index (χ0) is 15.5. The van der Waals surface area contributed by atoms with Gasteiger partial charge in [0.2, 0.25) is 0 Å². The van der Waals surface area contributed by atoms with Crippen LogP contribution in [0.25, 0.3) is 5.69 Å². The second kappa shape index (κ2) is 5.50.